The first kappa shape index (κ1) is 38.6. The van der Waals surface area contributed by atoms with Crippen LogP contribution in [-0.4, -0.2) is 64.1 Å². The number of nitrogens with zero attached hydrogens (tertiary/aromatic N) is 1. The molecule has 2 aliphatic rings. The van der Waals surface area contributed by atoms with E-state index in [1.807, 2.05) is 36.4 Å². The van der Waals surface area contributed by atoms with E-state index in [2.05, 4.69) is 50.8 Å². The molecule has 3 heterocycles. The number of nitrogens with one attached hydrogen (secondary N) is 3. The summed E-state index contributed by atoms with van der Waals surface area (Å²) in [4.78, 5) is 45.7. The number of ketones is 1. The lowest BCUT2D eigenvalue weighted by molar-refractivity contribution is -0.160. The average molecular weight is 763 g/mol. The van der Waals surface area contributed by atoms with Gasteiger partial charge in [-0.15, -0.1) is 11.3 Å². The van der Waals surface area contributed by atoms with Crippen molar-refractivity contribution in [1.29, 1.82) is 0 Å². The molecule has 7 rings (SSSR count). The zero-order valence-electron chi connectivity index (χ0n) is 31.1. The van der Waals surface area contributed by atoms with Crippen molar-refractivity contribution in [2.24, 2.45) is 0 Å². The number of carbonyl (C=O) groups excluding carboxylic acids is 2. The van der Waals surface area contributed by atoms with Gasteiger partial charge >= 0.3 is 5.97 Å². The zero-order valence-corrected chi connectivity index (χ0v) is 31.9. The van der Waals surface area contributed by atoms with Crippen molar-refractivity contribution in [2.45, 2.75) is 82.2 Å². The molecule has 1 unspecified atom stereocenters. The number of carbonyl (C=O) groups is 2. The number of aliphatic hydroxyl groups is 1. The Morgan fingerprint density at radius 1 is 0.945 bits per heavy atom. The summed E-state index contributed by atoms with van der Waals surface area (Å²) in [6, 6.07) is 28.6. The molecule has 0 radical (unpaired) electrons. The molecule has 3 aromatic carbocycles. The zero-order chi connectivity index (χ0) is 38.2. The Labute approximate surface area is 325 Å². The SMILES string of the molecule is O=C(CCCCCNC[C@H](O)c1ccc(O)c2[nH]c(=O)ccc12)c1ccc(CNC2(C(=O)OC3CCN(Cc4ccccc4)CC3)CCc3ccccc32)s1. The molecule has 1 aliphatic heterocycles. The molecule has 1 fully saturated rings. The number of ether oxygens (including phenoxy) is 1. The summed E-state index contributed by atoms with van der Waals surface area (Å²) in [6.45, 7) is 4.16. The smallest absolute Gasteiger partial charge is 0.331 e. The summed E-state index contributed by atoms with van der Waals surface area (Å²) in [5.41, 5.74) is 3.15. The summed E-state index contributed by atoms with van der Waals surface area (Å²) in [5.74, 6) is -0.123. The molecule has 5 aromatic rings. The van der Waals surface area contributed by atoms with E-state index in [0.29, 0.717) is 48.9 Å². The third-order valence-corrected chi connectivity index (χ3v) is 12.1. The number of H-pyrrole nitrogens is 1. The topological polar surface area (TPSA) is 144 Å². The molecule has 288 valence electrons. The second-order valence-corrected chi connectivity index (χ2v) is 16.0. The molecule has 0 spiro atoms. The van der Waals surface area contributed by atoms with Crippen LogP contribution >= 0.6 is 11.3 Å². The van der Waals surface area contributed by atoms with E-state index in [1.165, 1.54) is 34.6 Å². The van der Waals surface area contributed by atoms with Crippen LogP contribution in [-0.2, 0) is 34.6 Å². The number of thiophene rings is 1. The van der Waals surface area contributed by atoms with Gasteiger partial charge in [0.25, 0.3) is 0 Å². The number of aromatic amines is 1. The number of rotatable bonds is 17. The van der Waals surface area contributed by atoms with Crippen molar-refractivity contribution in [3.63, 3.8) is 0 Å². The molecular weight excluding hydrogens is 713 g/mol. The lowest BCUT2D eigenvalue weighted by Crippen LogP contribution is -2.50. The molecule has 55 heavy (non-hydrogen) atoms. The van der Waals surface area contributed by atoms with Crippen molar-refractivity contribution in [3.8, 4) is 5.75 Å². The van der Waals surface area contributed by atoms with Gasteiger partial charge in [0.2, 0.25) is 5.56 Å². The van der Waals surface area contributed by atoms with E-state index >= 15 is 0 Å². The fourth-order valence-electron chi connectivity index (χ4n) is 7.95. The van der Waals surface area contributed by atoms with Crippen LogP contribution < -0.4 is 16.2 Å². The number of aromatic nitrogens is 1. The number of Topliss-reactive ketones (excluding diaryl/α,β-unsaturated/α-hetero) is 1. The predicted octanol–water partition coefficient (Wildman–Crippen LogP) is 6.50. The summed E-state index contributed by atoms with van der Waals surface area (Å²) in [6.07, 6.45) is 5.10. The highest BCUT2D eigenvalue weighted by molar-refractivity contribution is 7.14. The number of aliphatic hydroxyl groups excluding tert-OH is 1. The summed E-state index contributed by atoms with van der Waals surface area (Å²) < 4.78 is 6.29. The second-order valence-electron chi connectivity index (χ2n) is 14.8. The van der Waals surface area contributed by atoms with Crippen LogP contribution in [0.5, 0.6) is 5.75 Å². The Morgan fingerprint density at radius 3 is 2.58 bits per heavy atom. The van der Waals surface area contributed by atoms with Gasteiger partial charge in [-0.2, -0.15) is 0 Å². The molecule has 0 bridgehead atoms. The quantitative estimate of drug-likeness (QED) is 0.0408. The van der Waals surface area contributed by atoms with Crippen LogP contribution in [0, 0.1) is 0 Å². The van der Waals surface area contributed by atoms with Crippen LogP contribution in [0.4, 0.5) is 0 Å². The number of hydrogen-bond donors (Lipinski definition) is 5. The lowest BCUT2D eigenvalue weighted by atomic mass is 9.91. The van der Waals surface area contributed by atoms with Crippen molar-refractivity contribution >= 4 is 34.0 Å². The number of pyridine rings is 1. The molecule has 2 atom stereocenters. The molecule has 11 heteroatoms. The maximum atomic E-state index is 14.1. The van der Waals surface area contributed by atoms with E-state index < -0.39 is 11.6 Å². The van der Waals surface area contributed by atoms with Crippen LogP contribution in [0.3, 0.4) is 0 Å². The Bertz CT molecular complexity index is 2140. The highest BCUT2D eigenvalue weighted by Gasteiger charge is 2.47. The number of hydrogen-bond acceptors (Lipinski definition) is 10. The number of phenolic OH excluding ortho intramolecular Hbond substituents is 1. The van der Waals surface area contributed by atoms with Gasteiger partial charge in [-0.1, -0.05) is 67.1 Å². The number of esters is 1. The molecule has 1 saturated heterocycles. The van der Waals surface area contributed by atoms with E-state index in [1.54, 1.807) is 12.1 Å². The maximum Gasteiger partial charge on any atom is 0.331 e. The summed E-state index contributed by atoms with van der Waals surface area (Å²) >= 11 is 1.48. The highest BCUT2D eigenvalue weighted by atomic mass is 32.1. The minimum Gasteiger partial charge on any atom is -0.506 e. The van der Waals surface area contributed by atoms with Gasteiger partial charge in [-0.25, -0.2) is 4.79 Å². The summed E-state index contributed by atoms with van der Waals surface area (Å²) in [7, 11) is 0. The van der Waals surface area contributed by atoms with E-state index in [9.17, 15) is 24.6 Å². The van der Waals surface area contributed by atoms with E-state index in [4.69, 9.17) is 4.74 Å². The van der Waals surface area contributed by atoms with E-state index in [0.717, 1.165) is 73.5 Å². The molecular formula is C44H50N4O6S. The Balaban J connectivity index is 0.858. The fraction of sp³-hybridized carbons (Fsp3) is 0.386. The van der Waals surface area contributed by atoms with Crippen molar-refractivity contribution in [1.82, 2.24) is 20.5 Å². The molecule has 1 aliphatic carbocycles. The standard InChI is InChI=1S/C44H50N4O6S/c49-37(13-5-2-8-24-45-28-39(51)34-15-17-38(50)42-35(34)16-19-41(52)47-42)40-18-14-33(55-40)27-46-44(23-20-31-11-6-7-12-36(31)44)43(53)54-32-21-25-48(26-22-32)29-30-9-3-1-4-10-30/h1,3-4,6-7,9-12,14-19,32,39,45-46,50-51H,2,5,8,13,20-29H2,(H,47,52)/t39-,44?/m0/s1. The number of piperidine rings is 1. The van der Waals surface area contributed by atoms with Gasteiger partial charge in [0.1, 0.15) is 17.4 Å². The van der Waals surface area contributed by atoms with Gasteiger partial charge in [-0.3, -0.25) is 19.8 Å². The highest BCUT2D eigenvalue weighted by Crippen LogP contribution is 2.39. The minimum absolute atomic E-state index is 0.0379. The number of aromatic hydroxyl groups is 1. The van der Waals surface area contributed by atoms with E-state index in [-0.39, 0.29) is 29.2 Å². The first-order chi connectivity index (χ1) is 26.8. The number of aryl methyl sites for hydroxylation is 1. The Morgan fingerprint density at radius 2 is 1.75 bits per heavy atom. The number of likely N-dealkylation sites (tertiary alicyclic amines) is 1. The number of unbranched alkanes of at least 4 members (excludes halogenated alkanes) is 2. The average Bonchev–Trinajstić information content (AvgIpc) is 3.84. The van der Waals surface area contributed by atoms with Gasteiger partial charge in [-0.05, 0) is 91.6 Å². The molecule has 0 amide bonds. The number of fused-ring (bicyclic) bond motifs is 2. The number of benzene rings is 3. The first-order valence-electron chi connectivity index (χ1n) is 19.5. The lowest BCUT2D eigenvalue weighted by Gasteiger charge is -2.35. The largest absolute Gasteiger partial charge is 0.506 e. The Kier molecular flexibility index (Phi) is 12.5. The van der Waals surface area contributed by atoms with Crippen molar-refractivity contribution in [2.75, 3.05) is 26.2 Å². The first-order valence-corrected chi connectivity index (χ1v) is 20.3. The normalized spacial score (nSPS) is 18.0. The minimum atomic E-state index is -0.922. The van der Waals surface area contributed by atoms with Gasteiger partial charge < -0.3 is 25.3 Å². The third kappa shape index (κ3) is 9.25. The monoisotopic (exact) mass is 762 g/mol. The molecule has 2 aromatic heterocycles. The number of phenols is 1. The van der Waals surface area contributed by atoms with Gasteiger partial charge in [0, 0.05) is 55.5 Å². The second kappa shape index (κ2) is 17.9. The van der Waals surface area contributed by atoms with Crippen LogP contribution in [0.25, 0.3) is 10.9 Å². The van der Waals surface area contributed by atoms with Crippen LogP contribution in [0.15, 0.2) is 95.8 Å². The van der Waals surface area contributed by atoms with Gasteiger partial charge in [0.15, 0.2) is 5.78 Å². The van der Waals surface area contributed by atoms with Crippen molar-refractivity contribution in [3.05, 3.63) is 133 Å². The van der Waals surface area contributed by atoms with Crippen LogP contribution in [0.1, 0.15) is 87.9 Å². The Hall–Kier alpha value is -4.65. The third-order valence-electron chi connectivity index (χ3n) is 11.0. The van der Waals surface area contributed by atoms with Crippen molar-refractivity contribution < 1.29 is 24.5 Å². The maximum absolute atomic E-state index is 14.1. The molecule has 0 saturated carbocycles. The predicted molar refractivity (Wildman–Crippen MR) is 215 cm³/mol. The van der Waals surface area contributed by atoms with Gasteiger partial charge in [0.05, 0.1) is 16.5 Å². The fourth-order valence-corrected chi connectivity index (χ4v) is 8.87. The van der Waals surface area contributed by atoms with Crippen LogP contribution in [0.2, 0.25) is 0 Å². The summed E-state index contributed by atoms with van der Waals surface area (Å²) in [5, 5.41) is 28.4. The molecule has 10 nitrogen and oxygen atoms in total. The molecule has 5 N–H and O–H groups in total.